The zero-order valence-corrected chi connectivity index (χ0v) is 17.8. The molecule has 1 heterocycles. The van der Waals surface area contributed by atoms with Crippen molar-refractivity contribution in [1.82, 2.24) is 4.72 Å². The zero-order valence-electron chi connectivity index (χ0n) is 16.1. The lowest BCUT2D eigenvalue weighted by molar-refractivity contribution is -0.137. The third-order valence-corrected chi connectivity index (χ3v) is 6.31. The molecule has 0 aliphatic rings. The van der Waals surface area contributed by atoms with E-state index in [1.54, 1.807) is 29.6 Å². The van der Waals surface area contributed by atoms with Gasteiger partial charge in [-0.05, 0) is 47.8 Å². The fraction of sp³-hybridized carbons (Fsp3) is 0.100. The van der Waals surface area contributed by atoms with Gasteiger partial charge in [-0.1, -0.05) is 18.2 Å². The monoisotopic (exact) mass is 483 g/mol. The lowest BCUT2D eigenvalue weighted by atomic mass is 10.2. The standard InChI is InChI=1S/C20H16F3N3O4S2/c21-20(22,23)13-4-1-7-16(10-13)32(29,30)24-12-18(27)25-14-5-2-6-15(11-14)26-19(28)17-8-3-9-31-17/h1-11,24H,12H2,(H,25,27)(H,26,28). The van der Waals surface area contributed by atoms with Crippen LogP contribution in [0.1, 0.15) is 15.2 Å². The third-order valence-electron chi connectivity index (χ3n) is 4.04. The Bertz CT molecular complexity index is 1230. The summed E-state index contributed by atoms with van der Waals surface area (Å²) in [6.07, 6.45) is -4.70. The Morgan fingerprint density at radius 1 is 0.906 bits per heavy atom. The minimum Gasteiger partial charge on any atom is -0.325 e. The molecule has 3 rings (SSSR count). The lowest BCUT2D eigenvalue weighted by Gasteiger charge is -2.11. The Labute approximate surface area is 185 Å². The van der Waals surface area contributed by atoms with Crippen molar-refractivity contribution in [2.45, 2.75) is 11.1 Å². The largest absolute Gasteiger partial charge is 0.416 e. The van der Waals surface area contributed by atoms with Gasteiger partial charge in [0.15, 0.2) is 0 Å². The van der Waals surface area contributed by atoms with Crippen molar-refractivity contribution in [3.05, 3.63) is 76.5 Å². The lowest BCUT2D eigenvalue weighted by Crippen LogP contribution is -2.33. The van der Waals surface area contributed by atoms with E-state index in [0.29, 0.717) is 16.6 Å². The van der Waals surface area contributed by atoms with E-state index in [1.807, 2.05) is 4.72 Å². The first kappa shape index (κ1) is 23.4. The number of nitrogens with one attached hydrogen (secondary N) is 3. The number of carbonyl (C=O) groups excluding carboxylic acids is 2. The molecule has 2 amide bonds. The molecule has 0 aliphatic carbocycles. The molecule has 0 bridgehead atoms. The Balaban J connectivity index is 1.61. The highest BCUT2D eigenvalue weighted by Gasteiger charge is 2.31. The van der Waals surface area contributed by atoms with Gasteiger partial charge in [0.2, 0.25) is 15.9 Å². The second kappa shape index (κ2) is 9.51. The first-order chi connectivity index (χ1) is 15.0. The zero-order chi connectivity index (χ0) is 23.4. The van der Waals surface area contributed by atoms with Crippen LogP contribution >= 0.6 is 11.3 Å². The molecule has 0 saturated heterocycles. The molecule has 0 atom stereocenters. The van der Waals surface area contributed by atoms with Crippen LogP contribution in [-0.4, -0.2) is 26.8 Å². The summed E-state index contributed by atoms with van der Waals surface area (Å²) >= 11 is 1.26. The van der Waals surface area contributed by atoms with Crippen molar-refractivity contribution in [1.29, 1.82) is 0 Å². The number of amides is 2. The number of thiophene rings is 1. The minimum atomic E-state index is -4.70. The molecule has 1 aromatic heterocycles. The molecule has 12 heteroatoms. The van der Waals surface area contributed by atoms with Crippen molar-refractivity contribution in [2.75, 3.05) is 17.2 Å². The molecule has 0 fully saturated rings. The van der Waals surface area contributed by atoms with Crippen LogP contribution in [0, 0.1) is 0 Å². The molecule has 32 heavy (non-hydrogen) atoms. The van der Waals surface area contributed by atoms with Crippen LogP contribution in [0.15, 0.2) is 70.9 Å². The summed E-state index contributed by atoms with van der Waals surface area (Å²) in [5.41, 5.74) is -0.422. The Morgan fingerprint density at radius 2 is 1.59 bits per heavy atom. The smallest absolute Gasteiger partial charge is 0.325 e. The minimum absolute atomic E-state index is 0.289. The van der Waals surface area contributed by atoms with Gasteiger partial charge in [-0.2, -0.15) is 13.2 Å². The maximum Gasteiger partial charge on any atom is 0.416 e. The van der Waals surface area contributed by atoms with Gasteiger partial charge in [-0.25, -0.2) is 13.1 Å². The van der Waals surface area contributed by atoms with Gasteiger partial charge in [0, 0.05) is 11.4 Å². The molecule has 0 unspecified atom stereocenters. The molecule has 0 spiro atoms. The highest BCUT2D eigenvalue weighted by Crippen LogP contribution is 2.30. The number of rotatable bonds is 7. The fourth-order valence-electron chi connectivity index (χ4n) is 2.56. The van der Waals surface area contributed by atoms with Crippen molar-refractivity contribution in [3.63, 3.8) is 0 Å². The molecular formula is C20H16F3N3O4S2. The van der Waals surface area contributed by atoms with E-state index < -0.39 is 39.1 Å². The number of carbonyl (C=O) groups is 2. The molecule has 2 aromatic carbocycles. The van der Waals surface area contributed by atoms with Gasteiger partial charge in [0.25, 0.3) is 5.91 Å². The molecular weight excluding hydrogens is 467 g/mol. The summed E-state index contributed by atoms with van der Waals surface area (Å²) in [5, 5.41) is 6.88. The number of halogens is 3. The maximum absolute atomic E-state index is 12.8. The fourth-order valence-corrected chi connectivity index (χ4v) is 4.21. The Kier molecular flexibility index (Phi) is 6.96. The Morgan fingerprint density at radius 3 is 2.25 bits per heavy atom. The van der Waals surface area contributed by atoms with Crippen LogP contribution in [0.3, 0.4) is 0 Å². The van der Waals surface area contributed by atoms with E-state index in [0.717, 1.165) is 18.2 Å². The van der Waals surface area contributed by atoms with Crippen molar-refractivity contribution in [2.24, 2.45) is 0 Å². The first-order valence-electron chi connectivity index (χ1n) is 8.96. The quantitative estimate of drug-likeness (QED) is 0.474. The molecule has 0 radical (unpaired) electrons. The van der Waals surface area contributed by atoms with E-state index >= 15 is 0 Å². The van der Waals surface area contributed by atoms with E-state index in [9.17, 15) is 31.2 Å². The van der Waals surface area contributed by atoms with Crippen molar-refractivity contribution < 1.29 is 31.2 Å². The highest BCUT2D eigenvalue weighted by atomic mass is 32.2. The first-order valence-corrected chi connectivity index (χ1v) is 11.3. The Hall–Kier alpha value is -3.22. The predicted molar refractivity (Wildman–Crippen MR) is 114 cm³/mol. The van der Waals surface area contributed by atoms with Crippen molar-refractivity contribution in [3.8, 4) is 0 Å². The van der Waals surface area contributed by atoms with Crippen LogP contribution in [0.2, 0.25) is 0 Å². The predicted octanol–water partition coefficient (Wildman–Crippen LogP) is 3.94. The summed E-state index contributed by atoms with van der Waals surface area (Å²) < 4.78 is 64.9. The number of alkyl halides is 3. The summed E-state index contributed by atoms with van der Waals surface area (Å²) in [5.74, 6) is -1.07. The molecule has 0 aliphatic heterocycles. The average molecular weight is 483 g/mol. The van der Waals surface area contributed by atoms with E-state index in [4.69, 9.17) is 0 Å². The summed E-state index contributed by atoms with van der Waals surface area (Å²) in [6, 6.07) is 12.8. The number of hydrogen-bond donors (Lipinski definition) is 3. The number of hydrogen-bond acceptors (Lipinski definition) is 5. The van der Waals surface area contributed by atoms with Crippen LogP contribution < -0.4 is 15.4 Å². The van der Waals surface area contributed by atoms with Crippen LogP contribution in [0.4, 0.5) is 24.5 Å². The second-order valence-electron chi connectivity index (χ2n) is 6.41. The molecule has 168 valence electrons. The third kappa shape index (κ3) is 6.15. The van der Waals surface area contributed by atoms with Gasteiger partial charge in [-0.15, -0.1) is 11.3 Å². The van der Waals surface area contributed by atoms with E-state index in [1.165, 1.54) is 23.5 Å². The van der Waals surface area contributed by atoms with Gasteiger partial charge in [-0.3, -0.25) is 9.59 Å². The normalized spacial score (nSPS) is 11.7. The maximum atomic E-state index is 12.8. The number of benzene rings is 2. The van der Waals surface area contributed by atoms with Crippen LogP contribution in [-0.2, 0) is 21.0 Å². The van der Waals surface area contributed by atoms with Gasteiger partial charge >= 0.3 is 6.18 Å². The summed E-state index contributed by atoms with van der Waals surface area (Å²) in [6.45, 7) is -0.704. The average Bonchev–Trinajstić information content (AvgIpc) is 3.27. The molecule has 3 N–H and O–H groups in total. The molecule has 7 nitrogen and oxygen atoms in total. The van der Waals surface area contributed by atoms with Crippen LogP contribution in [0.25, 0.3) is 0 Å². The van der Waals surface area contributed by atoms with Gasteiger partial charge in [0.05, 0.1) is 21.9 Å². The second-order valence-corrected chi connectivity index (χ2v) is 9.13. The van der Waals surface area contributed by atoms with E-state index in [-0.39, 0.29) is 11.6 Å². The topological polar surface area (TPSA) is 104 Å². The van der Waals surface area contributed by atoms with E-state index in [2.05, 4.69) is 10.6 Å². The molecule has 3 aromatic rings. The van der Waals surface area contributed by atoms with Gasteiger partial charge < -0.3 is 10.6 Å². The SMILES string of the molecule is O=C(CNS(=O)(=O)c1cccc(C(F)(F)F)c1)Nc1cccc(NC(=O)c2cccs2)c1. The van der Waals surface area contributed by atoms with Crippen molar-refractivity contribution >= 4 is 44.5 Å². The summed E-state index contributed by atoms with van der Waals surface area (Å²) in [7, 11) is -4.35. The van der Waals surface area contributed by atoms with Gasteiger partial charge in [0.1, 0.15) is 0 Å². The summed E-state index contributed by atoms with van der Waals surface area (Å²) in [4.78, 5) is 24.1. The number of anilines is 2. The van der Waals surface area contributed by atoms with Crippen LogP contribution in [0.5, 0.6) is 0 Å². The molecule has 0 saturated carbocycles. The number of sulfonamides is 1. The highest BCUT2D eigenvalue weighted by molar-refractivity contribution is 7.89.